The lowest BCUT2D eigenvalue weighted by Gasteiger charge is -2.20. The summed E-state index contributed by atoms with van der Waals surface area (Å²) in [7, 11) is 0. The van der Waals surface area contributed by atoms with Crippen LogP contribution in [-0.4, -0.2) is 17.8 Å². The van der Waals surface area contributed by atoms with E-state index in [1.54, 1.807) is 37.3 Å². The second-order valence-electron chi connectivity index (χ2n) is 5.41. The van der Waals surface area contributed by atoms with Crippen molar-refractivity contribution in [2.24, 2.45) is 0 Å². The summed E-state index contributed by atoms with van der Waals surface area (Å²) in [6, 6.07) is 10.8. The number of rotatable bonds is 7. The van der Waals surface area contributed by atoms with E-state index >= 15 is 0 Å². The molecule has 124 valence electrons. The number of aliphatic hydroxyl groups excluding tert-OH is 1. The van der Waals surface area contributed by atoms with Crippen molar-refractivity contribution >= 4 is 0 Å². The molecule has 0 aliphatic heterocycles. The van der Waals surface area contributed by atoms with Gasteiger partial charge in [-0.2, -0.15) is 0 Å². The minimum absolute atomic E-state index is 0.320. The Labute approximate surface area is 134 Å². The molecule has 2 N–H and O–H groups in total. The molecule has 2 atom stereocenters. The minimum atomic E-state index is -0.750. The van der Waals surface area contributed by atoms with Gasteiger partial charge in [-0.05, 0) is 31.5 Å². The fourth-order valence-electron chi connectivity index (χ4n) is 2.30. The zero-order valence-corrected chi connectivity index (χ0v) is 13.2. The molecule has 0 amide bonds. The second kappa shape index (κ2) is 8.04. The van der Waals surface area contributed by atoms with Crippen molar-refractivity contribution in [2.75, 3.05) is 6.54 Å². The van der Waals surface area contributed by atoms with E-state index in [-0.39, 0.29) is 6.04 Å². The number of hydrogen-bond donors (Lipinski definition) is 2. The van der Waals surface area contributed by atoms with Crippen molar-refractivity contribution in [3.63, 3.8) is 0 Å². The third kappa shape index (κ3) is 4.50. The molecule has 0 saturated heterocycles. The minimum Gasteiger partial charge on any atom is -0.451 e. The first-order chi connectivity index (χ1) is 11.0. The third-order valence-corrected chi connectivity index (χ3v) is 3.49. The maximum atomic E-state index is 14.7. The van der Waals surface area contributed by atoms with E-state index in [0.29, 0.717) is 24.3 Å². The standard InChI is InChI=1S/C18H21F2NO2/c1-3-16(21-11-12(2)22)14-9-10-15(19)18(17(14)20)23-13-7-5-4-6-8-13/h4-10,12,16,21-22H,3,11H2,1-2H3. The molecule has 5 heteroatoms. The molecule has 0 heterocycles. The van der Waals surface area contributed by atoms with E-state index in [1.165, 1.54) is 12.1 Å². The Kier molecular flexibility index (Phi) is 6.07. The van der Waals surface area contributed by atoms with Crippen LogP contribution in [-0.2, 0) is 0 Å². The molecule has 3 nitrogen and oxygen atoms in total. The van der Waals surface area contributed by atoms with E-state index in [9.17, 15) is 13.9 Å². The van der Waals surface area contributed by atoms with Gasteiger partial charge >= 0.3 is 0 Å². The summed E-state index contributed by atoms with van der Waals surface area (Å²) in [6.07, 6.45) is 0.0488. The zero-order chi connectivity index (χ0) is 16.8. The Bertz CT molecular complexity index is 632. The lowest BCUT2D eigenvalue weighted by Crippen LogP contribution is -2.29. The molecule has 2 aromatic carbocycles. The summed E-state index contributed by atoms with van der Waals surface area (Å²) in [5, 5.41) is 12.4. The van der Waals surface area contributed by atoms with Gasteiger partial charge in [0.1, 0.15) is 5.75 Å². The number of para-hydroxylation sites is 1. The van der Waals surface area contributed by atoms with Crippen molar-refractivity contribution in [3.05, 3.63) is 59.7 Å². The van der Waals surface area contributed by atoms with E-state index < -0.39 is 23.5 Å². The Morgan fingerprint density at radius 1 is 1.13 bits per heavy atom. The van der Waals surface area contributed by atoms with Gasteiger partial charge in [-0.15, -0.1) is 0 Å². The van der Waals surface area contributed by atoms with Crippen molar-refractivity contribution < 1.29 is 18.6 Å². The Morgan fingerprint density at radius 3 is 2.43 bits per heavy atom. The molecule has 0 aromatic heterocycles. The maximum absolute atomic E-state index is 14.7. The summed E-state index contributed by atoms with van der Waals surface area (Å²) in [5.41, 5.74) is 0.320. The van der Waals surface area contributed by atoms with E-state index in [4.69, 9.17) is 4.74 Å². The summed E-state index contributed by atoms with van der Waals surface area (Å²) in [5.74, 6) is -1.52. The molecule has 0 fully saturated rings. The van der Waals surface area contributed by atoms with Crippen LogP contribution in [0.5, 0.6) is 11.5 Å². The van der Waals surface area contributed by atoms with Gasteiger partial charge in [0.2, 0.25) is 0 Å². The van der Waals surface area contributed by atoms with Gasteiger partial charge in [-0.3, -0.25) is 0 Å². The summed E-state index contributed by atoms with van der Waals surface area (Å²) in [4.78, 5) is 0. The number of aliphatic hydroxyl groups is 1. The number of benzene rings is 2. The van der Waals surface area contributed by atoms with Crippen molar-refractivity contribution in [1.29, 1.82) is 0 Å². The maximum Gasteiger partial charge on any atom is 0.198 e. The monoisotopic (exact) mass is 321 g/mol. The van der Waals surface area contributed by atoms with Crippen LogP contribution in [0.25, 0.3) is 0 Å². The fraction of sp³-hybridized carbons (Fsp3) is 0.333. The molecule has 2 rings (SSSR count). The van der Waals surface area contributed by atoms with Crippen LogP contribution < -0.4 is 10.1 Å². The van der Waals surface area contributed by atoms with Gasteiger partial charge in [-0.25, -0.2) is 8.78 Å². The predicted molar refractivity (Wildman–Crippen MR) is 85.6 cm³/mol. The van der Waals surface area contributed by atoms with Crippen LogP contribution in [0.15, 0.2) is 42.5 Å². The van der Waals surface area contributed by atoms with Crippen molar-refractivity contribution in [2.45, 2.75) is 32.4 Å². The van der Waals surface area contributed by atoms with Crippen LogP contribution >= 0.6 is 0 Å². The van der Waals surface area contributed by atoms with Gasteiger partial charge in [0, 0.05) is 18.2 Å². The lowest BCUT2D eigenvalue weighted by molar-refractivity contribution is 0.185. The van der Waals surface area contributed by atoms with Crippen LogP contribution in [0.2, 0.25) is 0 Å². The first kappa shape index (κ1) is 17.4. The topological polar surface area (TPSA) is 41.5 Å². The van der Waals surface area contributed by atoms with Crippen LogP contribution in [0.3, 0.4) is 0 Å². The summed E-state index contributed by atoms with van der Waals surface area (Å²) < 4.78 is 34.1. The molecular formula is C18H21F2NO2. The van der Waals surface area contributed by atoms with Crippen molar-refractivity contribution in [3.8, 4) is 11.5 Å². The Hall–Kier alpha value is -1.98. The predicted octanol–water partition coefficient (Wildman–Crippen LogP) is 4.18. The van der Waals surface area contributed by atoms with E-state index in [1.807, 2.05) is 6.92 Å². The number of ether oxygens (including phenoxy) is 1. The second-order valence-corrected chi connectivity index (χ2v) is 5.41. The number of nitrogens with one attached hydrogen (secondary N) is 1. The molecule has 23 heavy (non-hydrogen) atoms. The van der Waals surface area contributed by atoms with Crippen LogP contribution in [0, 0.1) is 11.6 Å². The van der Waals surface area contributed by atoms with Gasteiger partial charge < -0.3 is 15.2 Å². The first-order valence-electron chi connectivity index (χ1n) is 7.65. The lowest BCUT2D eigenvalue weighted by atomic mass is 10.0. The molecule has 0 saturated carbocycles. The SMILES string of the molecule is CCC(NCC(C)O)c1ccc(F)c(Oc2ccccc2)c1F. The van der Waals surface area contributed by atoms with Crippen LogP contribution in [0.1, 0.15) is 31.9 Å². The molecular weight excluding hydrogens is 300 g/mol. The zero-order valence-electron chi connectivity index (χ0n) is 13.2. The van der Waals surface area contributed by atoms with Gasteiger partial charge in [-0.1, -0.05) is 31.2 Å². The van der Waals surface area contributed by atoms with Gasteiger partial charge in [0.25, 0.3) is 0 Å². The third-order valence-electron chi connectivity index (χ3n) is 3.49. The number of halogens is 2. The molecule has 2 unspecified atom stereocenters. The average molecular weight is 321 g/mol. The highest BCUT2D eigenvalue weighted by Crippen LogP contribution is 2.32. The number of hydrogen-bond acceptors (Lipinski definition) is 3. The fourth-order valence-corrected chi connectivity index (χ4v) is 2.30. The van der Waals surface area contributed by atoms with Crippen LogP contribution in [0.4, 0.5) is 8.78 Å². The molecule has 2 aromatic rings. The Morgan fingerprint density at radius 2 is 1.83 bits per heavy atom. The van der Waals surface area contributed by atoms with E-state index in [2.05, 4.69) is 5.32 Å². The molecule has 0 spiro atoms. The Balaban J connectivity index is 2.29. The normalized spacial score (nSPS) is 13.6. The first-order valence-corrected chi connectivity index (χ1v) is 7.65. The average Bonchev–Trinajstić information content (AvgIpc) is 2.54. The highest BCUT2D eigenvalue weighted by Gasteiger charge is 2.21. The molecule has 0 bridgehead atoms. The smallest absolute Gasteiger partial charge is 0.198 e. The molecule has 0 radical (unpaired) electrons. The van der Waals surface area contributed by atoms with Gasteiger partial charge in [0.05, 0.1) is 6.10 Å². The van der Waals surface area contributed by atoms with Gasteiger partial charge in [0.15, 0.2) is 17.4 Å². The summed E-state index contributed by atoms with van der Waals surface area (Å²) >= 11 is 0. The quantitative estimate of drug-likeness (QED) is 0.804. The summed E-state index contributed by atoms with van der Waals surface area (Å²) in [6.45, 7) is 3.86. The molecule has 0 aliphatic carbocycles. The van der Waals surface area contributed by atoms with Crippen molar-refractivity contribution in [1.82, 2.24) is 5.32 Å². The van der Waals surface area contributed by atoms with E-state index in [0.717, 1.165) is 0 Å². The largest absolute Gasteiger partial charge is 0.451 e. The molecule has 0 aliphatic rings. The highest BCUT2D eigenvalue weighted by molar-refractivity contribution is 5.38. The highest BCUT2D eigenvalue weighted by atomic mass is 19.1.